The Kier molecular flexibility index (Phi) is 4.34. The SMILES string of the molecule is Cc1cccc2c1N(CC(=O)c1ccccc1)C(C)(C)c1ssc(=S)c1-2. The van der Waals surface area contributed by atoms with Gasteiger partial charge in [0.25, 0.3) is 0 Å². The van der Waals surface area contributed by atoms with Gasteiger partial charge in [0.15, 0.2) is 5.78 Å². The number of fused-ring (bicyclic) bond motifs is 3. The van der Waals surface area contributed by atoms with E-state index >= 15 is 0 Å². The third-order valence-corrected chi connectivity index (χ3v) is 8.37. The first kappa shape index (κ1) is 17.6. The third-order valence-electron chi connectivity index (χ3n) is 5.04. The Morgan fingerprint density at radius 1 is 1.08 bits per heavy atom. The maximum atomic E-state index is 13.0. The summed E-state index contributed by atoms with van der Waals surface area (Å²) in [6, 6.07) is 15.9. The van der Waals surface area contributed by atoms with Crippen LogP contribution >= 0.6 is 32.9 Å². The van der Waals surface area contributed by atoms with Crippen LogP contribution in [-0.4, -0.2) is 12.3 Å². The number of carbonyl (C=O) groups is 1. The van der Waals surface area contributed by atoms with Gasteiger partial charge in [-0.3, -0.25) is 4.79 Å². The number of nitrogens with zero attached hydrogens (tertiary/aromatic N) is 1. The molecule has 26 heavy (non-hydrogen) atoms. The Balaban J connectivity index is 1.88. The van der Waals surface area contributed by atoms with Gasteiger partial charge in [0, 0.05) is 22.4 Å². The molecule has 3 aromatic rings. The second-order valence-electron chi connectivity index (χ2n) is 7.06. The van der Waals surface area contributed by atoms with Crippen molar-refractivity contribution in [2.24, 2.45) is 0 Å². The summed E-state index contributed by atoms with van der Waals surface area (Å²) in [7, 11) is 3.39. The molecular weight excluding hydrogens is 378 g/mol. The highest BCUT2D eigenvalue weighted by atomic mass is 32.9. The number of anilines is 1. The smallest absolute Gasteiger partial charge is 0.182 e. The number of para-hydroxylation sites is 1. The summed E-state index contributed by atoms with van der Waals surface area (Å²) < 4.78 is 0.943. The first-order chi connectivity index (χ1) is 12.4. The van der Waals surface area contributed by atoms with Crippen LogP contribution in [-0.2, 0) is 5.54 Å². The normalized spacial score (nSPS) is 14.7. The van der Waals surface area contributed by atoms with Gasteiger partial charge >= 0.3 is 0 Å². The molecule has 2 aromatic carbocycles. The molecule has 0 spiro atoms. The van der Waals surface area contributed by atoms with Gasteiger partial charge in [-0.2, -0.15) is 0 Å². The van der Waals surface area contributed by atoms with Crippen molar-refractivity contribution in [3.8, 4) is 11.1 Å². The lowest BCUT2D eigenvalue weighted by Crippen LogP contribution is -2.47. The van der Waals surface area contributed by atoms with Crippen molar-refractivity contribution in [2.45, 2.75) is 26.3 Å². The molecule has 0 atom stereocenters. The van der Waals surface area contributed by atoms with Crippen LogP contribution in [0.4, 0.5) is 5.69 Å². The third kappa shape index (κ3) is 2.66. The summed E-state index contributed by atoms with van der Waals surface area (Å²) in [6.45, 7) is 6.84. The standard InChI is InChI=1S/C21H19NOS3/c1-13-8-7-11-15-17-19(25-26-20(17)24)21(2,3)22(18(13)15)12-16(23)14-9-5-4-6-10-14/h4-11H,12H2,1-3H3. The minimum Gasteiger partial charge on any atom is -0.353 e. The van der Waals surface area contributed by atoms with Crippen LogP contribution in [0.1, 0.15) is 34.6 Å². The zero-order valence-electron chi connectivity index (χ0n) is 14.9. The fraction of sp³-hybridized carbons (Fsp3) is 0.238. The second-order valence-corrected chi connectivity index (χ2v) is 9.88. The molecule has 0 amide bonds. The van der Waals surface area contributed by atoms with Gasteiger partial charge < -0.3 is 4.90 Å². The van der Waals surface area contributed by atoms with E-state index < -0.39 is 0 Å². The predicted octanol–water partition coefficient (Wildman–Crippen LogP) is 6.45. The summed E-state index contributed by atoms with van der Waals surface area (Å²) in [5, 5.41) is 0. The molecular formula is C21H19NOS3. The van der Waals surface area contributed by atoms with E-state index in [2.05, 4.69) is 43.9 Å². The number of carbonyl (C=O) groups excluding carboxylic acids is 1. The summed E-state index contributed by atoms with van der Waals surface area (Å²) in [6.07, 6.45) is 0. The average molecular weight is 398 g/mol. The number of ketones is 1. The zero-order chi connectivity index (χ0) is 18.5. The quantitative estimate of drug-likeness (QED) is 0.288. The number of benzene rings is 2. The lowest BCUT2D eigenvalue weighted by molar-refractivity contribution is 0.0993. The largest absolute Gasteiger partial charge is 0.353 e. The number of hydrogen-bond acceptors (Lipinski definition) is 5. The Hall–Kier alpha value is -1.82. The van der Waals surface area contributed by atoms with Crippen molar-refractivity contribution in [3.63, 3.8) is 0 Å². The predicted molar refractivity (Wildman–Crippen MR) is 114 cm³/mol. The molecule has 0 radical (unpaired) electrons. The monoisotopic (exact) mass is 397 g/mol. The van der Waals surface area contributed by atoms with Crippen LogP contribution in [0.25, 0.3) is 11.1 Å². The summed E-state index contributed by atoms with van der Waals surface area (Å²) in [4.78, 5) is 16.5. The van der Waals surface area contributed by atoms with Crippen LogP contribution in [0.15, 0.2) is 48.5 Å². The highest BCUT2D eigenvalue weighted by molar-refractivity contribution is 7.80. The summed E-state index contributed by atoms with van der Waals surface area (Å²) >= 11 is 5.64. The van der Waals surface area contributed by atoms with Crippen LogP contribution < -0.4 is 4.90 Å². The molecule has 0 bridgehead atoms. The van der Waals surface area contributed by atoms with Gasteiger partial charge in [0.1, 0.15) is 3.82 Å². The van der Waals surface area contributed by atoms with E-state index in [1.807, 2.05) is 30.3 Å². The molecule has 0 fully saturated rings. The van der Waals surface area contributed by atoms with Gasteiger partial charge in [-0.15, -0.1) is 0 Å². The van der Waals surface area contributed by atoms with E-state index in [9.17, 15) is 4.79 Å². The molecule has 132 valence electrons. The molecule has 0 unspecified atom stereocenters. The van der Waals surface area contributed by atoms with Crippen molar-refractivity contribution in [3.05, 3.63) is 68.4 Å². The number of rotatable bonds is 3. The Morgan fingerprint density at radius 3 is 2.54 bits per heavy atom. The van der Waals surface area contributed by atoms with E-state index in [1.165, 1.54) is 16.0 Å². The maximum Gasteiger partial charge on any atom is 0.182 e. The van der Waals surface area contributed by atoms with Crippen molar-refractivity contribution < 1.29 is 4.79 Å². The van der Waals surface area contributed by atoms with Gasteiger partial charge in [0.05, 0.1) is 17.0 Å². The summed E-state index contributed by atoms with van der Waals surface area (Å²) in [5.41, 5.74) is 5.11. The lowest BCUT2D eigenvalue weighted by atomic mass is 9.85. The van der Waals surface area contributed by atoms with Crippen molar-refractivity contribution in [1.29, 1.82) is 0 Å². The van der Waals surface area contributed by atoms with Gasteiger partial charge in [0.2, 0.25) is 0 Å². The second kappa shape index (κ2) is 6.41. The minimum atomic E-state index is -0.281. The Labute approximate surface area is 166 Å². The van der Waals surface area contributed by atoms with Crippen molar-refractivity contribution in [2.75, 3.05) is 11.4 Å². The molecule has 1 aliphatic rings. The fourth-order valence-corrected chi connectivity index (χ4v) is 6.95. The minimum absolute atomic E-state index is 0.134. The van der Waals surface area contributed by atoms with Gasteiger partial charge in [-0.1, -0.05) is 81.4 Å². The van der Waals surface area contributed by atoms with Crippen LogP contribution in [0.3, 0.4) is 0 Å². The number of aryl methyl sites for hydroxylation is 1. The van der Waals surface area contributed by atoms with Crippen molar-refractivity contribution in [1.82, 2.24) is 0 Å². The first-order valence-electron chi connectivity index (χ1n) is 8.50. The molecule has 5 heteroatoms. The topological polar surface area (TPSA) is 20.3 Å². The highest BCUT2D eigenvalue weighted by Gasteiger charge is 2.41. The molecule has 0 aliphatic carbocycles. The molecule has 1 aromatic heterocycles. The van der Waals surface area contributed by atoms with E-state index in [-0.39, 0.29) is 11.3 Å². The molecule has 0 saturated heterocycles. The van der Waals surface area contributed by atoms with E-state index in [4.69, 9.17) is 12.2 Å². The Morgan fingerprint density at radius 2 is 1.81 bits per heavy atom. The number of Topliss-reactive ketones (excluding diaryl/α,β-unsaturated/α-hetero) is 1. The van der Waals surface area contributed by atoms with Crippen molar-refractivity contribution >= 4 is 44.4 Å². The van der Waals surface area contributed by atoms with E-state index in [0.717, 1.165) is 20.6 Å². The molecule has 4 rings (SSSR count). The van der Waals surface area contributed by atoms with E-state index in [0.29, 0.717) is 6.54 Å². The molecule has 0 N–H and O–H groups in total. The van der Waals surface area contributed by atoms with Gasteiger partial charge in [-0.05, 0) is 26.3 Å². The van der Waals surface area contributed by atoms with Gasteiger partial charge in [-0.25, -0.2) is 0 Å². The highest BCUT2D eigenvalue weighted by Crippen LogP contribution is 2.52. The fourth-order valence-electron chi connectivity index (χ4n) is 3.65. The van der Waals surface area contributed by atoms with E-state index in [1.54, 1.807) is 20.7 Å². The summed E-state index contributed by atoms with van der Waals surface area (Å²) in [5.74, 6) is 0.134. The molecule has 0 saturated carbocycles. The number of hydrogen-bond donors (Lipinski definition) is 0. The molecule has 1 aliphatic heterocycles. The Bertz CT molecular complexity index is 1050. The van der Waals surface area contributed by atoms with Crippen LogP contribution in [0, 0.1) is 10.7 Å². The van der Waals surface area contributed by atoms with Crippen LogP contribution in [0.5, 0.6) is 0 Å². The first-order valence-corrected chi connectivity index (χ1v) is 11.1. The molecule has 2 heterocycles. The maximum absolute atomic E-state index is 13.0. The van der Waals surface area contributed by atoms with Crippen LogP contribution in [0.2, 0.25) is 0 Å². The average Bonchev–Trinajstić information content (AvgIpc) is 3.02. The zero-order valence-corrected chi connectivity index (χ0v) is 17.4. The molecule has 2 nitrogen and oxygen atoms in total. The lowest BCUT2D eigenvalue weighted by Gasteiger charge is -2.45.